The van der Waals surface area contributed by atoms with E-state index >= 15 is 0 Å². The number of thioether (sulfide) groups is 1. The molecule has 0 aliphatic carbocycles. The Balaban J connectivity index is 1.94. The zero-order valence-corrected chi connectivity index (χ0v) is 14.8. The molecule has 0 aliphatic rings. The highest BCUT2D eigenvalue weighted by molar-refractivity contribution is 8.00. The van der Waals surface area contributed by atoms with Crippen molar-refractivity contribution < 1.29 is 14.3 Å². The Hall–Kier alpha value is -1.89. The average Bonchev–Trinajstić information content (AvgIpc) is 2.55. The lowest BCUT2D eigenvalue weighted by Gasteiger charge is -2.11. The zero-order chi connectivity index (χ0) is 17.5. The topological polar surface area (TPSA) is 81.4 Å². The molecule has 2 aromatic carbocycles. The van der Waals surface area contributed by atoms with Crippen molar-refractivity contribution in [2.45, 2.75) is 4.90 Å². The van der Waals surface area contributed by atoms with Crippen molar-refractivity contribution in [3.8, 4) is 5.75 Å². The predicted octanol–water partition coefficient (Wildman–Crippen LogP) is 3.59. The van der Waals surface area contributed by atoms with Crippen LogP contribution in [-0.2, 0) is 9.59 Å². The number of ether oxygens (including phenoxy) is 1. The minimum atomic E-state index is -0.427. The van der Waals surface area contributed by atoms with E-state index in [4.69, 9.17) is 33.7 Å². The lowest BCUT2D eigenvalue weighted by atomic mass is 10.3. The van der Waals surface area contributed by atoms with Gasteiger partial charge in [-0.2, -0.15) is 0 Å². The molecule has 126 valence electrons. The zero-order valence-electron chi connectivity index (χ0n) is 12.4. The molecule has 0 fully saturated rings. The van der Waals surface area contributed by atoms with Gasteiger partial charge in [0.2, 0.25) is 5.91 Å². The molecular weight excluding hydrogens is 371 g/mol. The van der Waals surface area contributed by atoms with Gasteiger partial charge in [-0.15, -0.1) is 11.8 Å². The molecule has 0 aliphatic heterocycles. The number of para-hydroxylation sites is 1. The van der Waals surface area contributed by atoms with Gasteiger partial charge in [-0.3, -0.25) is 9.59 Å². The van der Waals surface area contributed by atoms with E-state index in [1.807, 2.05) is 6.07 Å². The number of nitrogens with one attached hydrogen (secondary N) is 1. The molecule has 0 atom stereocenters. The summed E-state index contributed by atoms with van der Waals surface area (Å²) in [4.78, 5) is 23.7. The lowest BCUT2D eigenvalue weighted by molar-refractivity contribution is -0.118. The molecule has 0 saturated carbocycles. The van der Waals surface area contributed by atoms with Crippen LogP contribution in [-0.4, -0.2) is 24.2 Å². The third-order valence-corrected chi connectivity index (χ3v) is 4.63. The van der Waals surface area contributed by atoms with Crippen molar-refractivity contribution in [3.63, 3.8) is 0 Å². The Morgan fingerprint density at radius 1 is 1.12 bits per heavy atom. The fourth-order valence-corrected chi connectivity index (χ4v) is 2.78. The summed E-state index contributed by atoms with van der Waals surface area (Å²) >= 11 is 13.0. The summed E-state index contributed by atoms with van der Waals surface area (Å²) in [6.45, 7) is -0.188. The number of rotatable bonds is 7. The highest BCUT2D eigenvalue weighted by Gasteiger charge is 2.09. The van der Waals surface area contributed by atoms with Crippen molar-refractivity contribution in [1.29, 1.82) is 0 Å². The Kier molecular flexibility index (Phi) is 6.78. The summed E-state index contributed by atoms with van der Waals surface area (Å²) in [7, 11) is 0. The van der Waals surface area contributed by atoms with Crippen LogP contribution in [0.1, 0.15) is 0 Å². The van der Waals surface area contributed by atoms with Crippen LogP contribution in [0.3, 0.4) is 0 Å². The molecule has 2 amide bonds. The number of hydrogen-bond acceptors (Lipinski definition) is 4. The van der Waals surface area contributed by atoms with E-state index in [9.17, 15) is 9.59 Å². The third-order valence-electron chi connectivity index (χ3n) is 2.79. The smallest absolute Gasteiger partial charge is 0.262 e. The molecule has 0 radical (unpaired) electrons. The minimum absolute atomic E-state index is 0.132. The van der Waals surface area contributed by atoms with E-state index in [1.54, 1.807) is 30.3 Å². The molecule has 8 heteroatoms. The number of primary amides is 1. The summed E-state index contributed by atoms with van der Waals surface area (Å²) in [5.41, 5.74) is 5.73. The van der Waals surface area contributed by atoms with Crippen molar-refractivity contribution in [1.82, 2.24) is 0 Å². The van der Waals surface area contributed by atoms with E-state index in [1.165, 1.54) is 17.8 Å². The SMILES string of the molecule is NC(=O)CSc1ccccc1NC(=O)COc1ccc(Cl)c(Cl)c1. The molecule has 2 rings (SSSR count). The standard InChI is InChI=1S/C16H14Cl2N2O3S/c17-11-6-5-10(7-12(11)18)23-8-16(22)20-13-3-1-2-4-14(13)24-9-15(19)21/h1-7H,8-9H2,(H2,19,21)(H,20,22). The van der Waals surface area contributed by atoms with Gasteiger partial charge in [-0.1, -0.05) is 35.3 Å². The second kappa shape index (κ2) is 8.82. The molecule has 0 saturated heterocycles. The first-order valence-corrected chi connectivity index (χ1v) is 8.57. The normalized spacial score (nSPS) is 10.2. The van der Waals surface area contributed by atoms with E-state index in [0.717, 1.165) is 4.90 Å². The summed E-state index contributed by atoms with van der Waals surface area (Å²) in [6, 6.07) is 11.9. The van der Waals surface area contributed by atoms with Crippen molar-refractivity contribution in [2.24, 2.45) is 5.73 Å². The number of benzene rings is 2. The van der Waals surface area contributed by atoms with Gasteiger partial charge in [0.1, 0.15) is 5.75 Å². The third kappa shape index (κ3) is 5.63. The van der Waals surface area contributed by atoms with Gasteiger partial charge < -0.3 is 15.8 Å². The lowest BCUT2D eigenvalue weighted by Crippen LogP contribution is -2.20. The number of carbonyl (C=O) groups excluding carboxylic acids is 2. The van der Waals surface area contributed by atoms with Gasteiger partial charge in [-0.25, -0.2) is 0 Å². The second-order valence-electron chi connectivity index (χ2n) is 4.66. The summed E-state index contributed by atoms with van der Waals surface area (Å²) in [6.07, 6.45) is 0. The van der Waals surface area contributed by atoms with Crippen LogP contribution in [0.25, 0.3) is 0 Å². The first kappa shape index (κ1) is 18.4. The van der Waals surface area contributed by atoms with Crippen molar-refractivity contribution >= 4 is 52.5 Å². The molecular formula is C16H14Cl2N2O3S. The van der Waals surface area contributed by atoms with Crippen molar-refractivity contribution in [2.75, 3.05) is 17.7 Å². The van der Waals surface area contributed by atoms with Crippen LogP contribution in [0.4, 0.5) is 5.69 Å². The Morgan fingerprint density at radius 3 is 2.58 bits per heavy atom. The van der Waals surface area contributed by atoms with Gasteiger partial charge >= 0.3 is 0 Å². The molecule has 0 aromatic heterocycles. The van der Waals surface area contributed by atoms with Crippen molar-refractivity contribution in [3.05, 3.63) is 52.5 Å². The predicted molar refractivity (Wildman–Crippen MR) is 96.9 cm³/mol. The minimum Gasteiger partial charge on any atom is -0.484 e. The molecule has 0 bridgehead atoms. The summed E-state index contributed by atoms with van der Waals surface area (Å²) in [5, 5.41) is 3.50. The Labute approximate surface area is 153 Å². The molecule has 24 heavy (non-hydrogen) atoms. The van der Waals surface area contributed by atoms with Crippen LogP contribution in [0.5, 0.6) is 5.75 Å². The number of amides is 2. The van der Waals surface area contributed by atoms with E-state index in [2.05, 4.69) is 5.32 Å². The van der Waals surface area contributed by atoms with Gasteiger partial charge in [0.05, 0.1) is 21.5 Å². The van der Waals surface area contributed by atoms with E-state index in [0.29, 0.717) is 21.5 Å². The molecule has 0 unspecified atom stereocenters. The van der Waals surface area contributed by atoms with Gasteiger partial charge in [-0.05, 0) is 24.3 Å². The number of carbonyl (C=O) groups is 2. The van der Waals surface area contributed by atoms with E-state index < -0.39 is 5.91 Å². The van der Waals surface area contributed by atoms with Gasteiger partial charge in [0.15, 0.2) is 6.61 Å². The quantitative estimate of drug-likeness (QED) is 0.714. The van der Waals surface area contributed by atoms with Crippen LogP contribution in [0.15, 0.2) is 47.4 Å². The van der Waals surface area contributed by atoms with Gasteiger partial charge in [0.25, 0.3) is 5.91 Å². The number of nitrogens with two attached hydrogens (primary N) is 1. The molecule has 2 aromatic rings. The van der Waals surface area contributed by atoms with Crippen LogP contribution in [0.2, 0.25) is 10.0 Å². The molecule has 0 spiro atoms. The monoisotopic (exact) mass is 384 g/mol. The van der Waals surface area contributed by atoms with Crippen LogP contribution >= 0.6 is 35.0 Å². The summed E-state index contributed by atoms with van der Waals surface area (Å²) < 4.78 is 5.38. The van der Waals surface area contributed by atoms with Crippen LogP contribution < -0.4 is 15.8 Å². The van der Waals surface area contributed by atoms with Gasteiger partial charge in [0, 0.05) is 11.0 Å². The highest BCUT2D eigenvalue weighted by atomic mass is 35.5. The summed E-state index contributed by atoms with van der Waals surface area (Å²) in [5.74, 6) is -0.194. The maximum absolute atomic E-state index is 12.0. The highest BCUT2D eigenvalue weighted by Crippen LogP contribution is 2.27. The Bertz CT molecular complexity index is 756. The average molecular weight is 385 g/mol. The van der Waals surface area contributed by atoms with E-state index in [-0.39, 0.29) is 18.3 Å². The maximum atomic E-state index is 12.0. The van der Waals surface area contributed by atoms with Crippen LogP contribution in [0, 0.1) is 0 Å². The fraction of sp³-hybridized carbons (Fsp3) is 0.125. The maximum Gasteiger partial charge on any atom is 0.262 e. The largest absolute Gasteiger partial charge is 0.484 e. The number of anilines is 1. The molecule has 0 heterocycles. The fourth-order valence-electron chi connectivity index (χ4n) is 1.75. The molecule has 5 nitrogen and oxygen atoms in total. The number of hydrogen-bond donors (Lipinski definition) is 2. The first-order valence-electron chi connectivity index (χ1n) is 6.83. The molecule has 3 N–H and O–H groups in total. The first-order chi connectivity index (χ1) is 11.5. The Morgan fingerprint density at radius 2 is 1.88 bits per heavy atom. The second-order valence-corrected chi connectivity index (χ2v) is 6.50. The number of halogens is 2.